The zero-order valence-corrected chi connectivity index (χ0v) is 11.6. The van der Waals surface area contributed by atoms with Gasteiger partial charge in [-0.05, 0) is 31.4 Å². The van der Waals surface area contributed by atoms with Crippen LogP contribution >= 0.6 is 11.3 Å². The van der Waals surface area contributed by atoms with Crippen molar-refractivity contribution in [1.82, 2.24) is 4.31 Å². The molecular formula is C11H17NO3S2. The van der Waals surface area contributed by atoms with Crippen molar-refractivity contribution < 1.29 is 13.5 Å². The molecule has 17 heavy (non-hydrogen) atoms. The van der Waals surface area contributed by atoms with Gasteiger partial charge in [0.1, 0.15) is 4.21 Å². The SMILES string of the molecule is CC1CC(C)N(S(=O)(=O)c2ccc(CO)s2)C1. The molecule has 0 aliphatic carbocycles. The number of hydrogen-bond acceptors (Lipinski definition) is 4. The van der Waals surface area contributed by atoms with Gasteiger partial charge in [-0.3, -0.25) is 0 Å². The third-order valence-electron chi connectivity index (χ3n) is 3.08. The molecule has 1 saturated heterocycles. The van der Waals surface area contributed by atoms with Crippen molar-refractivity contribution in [1.29, 1.82) is 0 Å². The monoisotopic (exact) mass is 275 g/mol. The Bertz CT molecular complexity index is 495. The minimum Gasteiger partial charge on any atom is -0.391 e. The molecule has 0 amide bonds. The van der Waals surface area contributed by atoms with Gasteiger partial charge < -0.3 is 5.11 Å². The van der Waals surface area contributed by atoms with Crippen LogP contribution in [0.25, 0.3) is 0 Å². The molecule has 1 aromatic heterocycles. The quantitative estimate of drug-likeness (QED) is 0.912. The van der Waals surface area contributed by atoms with E-state index in [9.17, 15) is 8.42 Å². The largest absolute Gasteiger partial charge is 0.391 e. The van der Waals surface area contributed by atoms with Gasteiger partial charge in [-0.25, -0.2) is 8.42 Å². The van der Waals surface area contributed by atoms with Gasteiger partial charge in [0.25, 0.3) is 10.0 Å². The minimum atomic E-state index is -3.37. The second kappa shape index (κ2) is 4.68. The van der Waals surface area contributed by atoms with Crippen LogP contribution in [0.5, 0.6) is 0 Å². The third-order valence-corrected chi connectivity index (χ3v) is 6.60. The fourth-order valence-corrected chi connectivity index (χ4v) is 5.40. The summed E-state index contributed by atoms with van der Waals surface area (Å²) in [4.78, 5) is 0.684. The second-order valence-electron chi connectivity index (χ2n) is 4.64. The summed E-state index contributed by atoms with van der Waals surface area (Å²) in [6.45, 7) is 4.50. The highest BCUT2D eigenvalue weighted by Gasteiger charge is 2.36. The van der Waals surface area contributed by atoms with Crippen molar-refractivity contribution in [2.24, 2.45) is 5.92 Å². The molecule has 0 saturated carbocycles. The van der Waals surface area contributed by atoms with Crippen LogP contribution in [-0.4, -0.2) is 30.4 Å². The summed E-state index contributed by atoms with van der Waals surface area (Å²) in [5, 5.41) is 8.98. The van der Waals surface area contributed by atoms with Gasteiger partial charge in [0, 0.05) is 17.5 Å². The van der Waals surface area contributed by atoms with Crippen LogP contribution in [0.4, 0.5) is 0 Å². The highest BCUT2D eigenvalue weighted by molar-refractivity contribution is 7.91. The number of nitrogens with zero attached hydrogens (tertiary/aromatic N) is 1. The molecule has 1 fully saturated rings. The molecule has 0 aromatic carbocycles. The Labute approximate surface area is 106 Å². The van der Waals surface area contributed by atoms with E-state index in [2.05, 4.69) is 6.92 Å². The van der Waals surface area contributed by atoms with Crippen molar-refractivity contribution in [2.75, 3.05) is 6.54 Å². The first kappa shape index (κ1) is 13.0. The zero-order valence-electron chi connectivity index (χ0n) is 9.96. The summed E-state index contributed by atoms with van der Waals surface area (Å²) in [6.07, 6.45) is 0.914. The molecule has 1 aromatic rings. The van der Waals surface area contributed by atoms with Crippen molar-refractivity contribution >= 4 is 21.4 Å². The van der Waals surface area contributed by atoms with Crippen molar-refractivity contribution in [3.8, 4) is 0 Å². The fraction of sp³-hybridized carbons (Fsp3) is 0.636. The normalized spacial score (nSPS) is 26.5. The van der Waals surface area contributed by atoms with Crippen molar-refractivity contribution in [3.05, 3.63) is 17.0 Å². The average molecular weight is 275 g/mol. The van der Waals surface area contributed by atoms with Crippen LogP contribution in [0.3, 0.4) is 0 Å². The molecule has 96 valence electrons. The summed E-state index contributed by atoms with van der Waals surface area (Å²) in [6, 6.07) is 3.32. The maximum Gasteiger partial charge on any atom is 0.252 e. The van der Waals surface area contributed by atoms with E-state index < -0.39 is 10.0 Å². The molecule has 1 aliphatic heterocycles. The summed E-state index contributed by atoms with van der Waals surface area (Å²) in [5.41, 5.74) is 0. The van der Waals surface area contributed by atoms with Gasteiger partial charge in [-0.2, -0.15) is 4.31 Å². The number of thiophene rings is 1. The number of sulfonamides is 1. The molecule has 4 nitrogen and oxygen atoms in total. The van der Waals surface area contributed by atoms with Crippen LogP contribution in [0.1, 0.15) is 25.1 Å². The Balaban J connectivity index is 2.30. The van der Waals surface area contributed by atoms with Gasteiger partial charge in [-0.15, -0.1) is 11.3 Å². The van der Waals surface area contributed by atoms with E-state index >= 15 is 0 Å². The lowest BCUT2D eigenvalue weighted by molar-refractivity contribution is 0.285. The molecule has 2 atom stereocenters. The highest BCUT2D eigenvalue weighted by atomic mass is 32.2. The lowest BCUT2D eigenvalue weighted by Crippen LogP contribution is -2.33. The van der Waals surface area contributed by atoms with Gasteiger partial charge >= 0.3 is 0 Å². The topological polar surface area (TPSA) is 57.6 Å². The van der Waals surface area contributed by atoms with Crippen molar-refractivity contribution in [2.45, 2.75) is 37.1 Å². The molecule has 0 spiro atoms. The molecular weight excluding hydrogens is 258 g/mol. The highest BCUT2D eigenvalue weighted by Crippen LogP contribution is 2.32. The predicted octanol–water partition coefficient (Wildman–Crippen LogP) is 1.66. The fourth-order valence-electron chi connectivity index (χ4n) is 2.29. The van der Waals surface area contributed by atoms with Crippen LogP contribution in [0.2, 0.25) is 0 Å². The van der Waals surface area contributed by atoms with E-state index in [1.165, 1.54) is 0 Å². The Hall–Kier alpha value is -0.430. The van der Waals surface area contributed by atoms with Crippen LogP contribution in [0.15, 0.2) is 16.3 Å². The zero-order chi connectivity index (χ0) is 12.6. The first-order chi connectivity index (χ1) is 7.95. The van der Waals surface area contributed by atoms with Gasteiger partial charge in [0.15, 0.2) is 0 Å². The van der Waals surface area contributed by atoms with E-state index in [1.54, 1.807) is 16.4 Å². The van der Waals surface area contributed by atoms with Gasteiger partial charge in [0.05, 0.1) is 6.61 Å². The standard InChI is InChI=1S/C11H17NO3S2/c1-8-5-9(2)12(6-8)17(14,15)11-4-3-10(7-13)16-11/h3-4,8-9,13H,5-7H2,1-2H3. The molecule has 6 heteroatoms. The maximum atomic E-state index is 12.4. The first-order valence-electron chi connectivity index (χ1n) is 5.66. The molecule has 2 rings (SSSR count). The van der Waals surface area contributed by atoms with E-state index in [1.807, 2.05) is 6.92 Å². The molecule has 0 radical (unpaired) electrons. The number of hydrogen-bond donors (Lipinski definition) is 1. The molecule has 1 aliphatic rings. The van der Waals surface area contributed by atoms with Crippen LogP contribution < -0.4 is 0 Å². The smallest absolute Gasteiger partial charge is 0.252 e. The van der Waals surface area contributed by atoms with Gasteiger partial charge in [-0.1, -0.05) is 6.92 Å². The molecule has 1 N–H and O–H groups in total. The summed E-state index contributed by atoms with van der Waals surface area (Å²) >= 11 is 1.15. The van der Waals surface area contributed by atoms with E-state index in [-0.39, 0.29) is 12.6 Å². The lowest BCUT2D eigenvalue weighted by atomic mass is 10.1. The Morgan fingerprint density at radius 2 is 2.18 bits per heavy atom. The third kappa shape index (κ3) is 2.40. The predicted molar refractivity (Wildman–Crippen MR) is 67.4 cm³/mol. The minimum absolute atomic E-state index is 0.0645. The summed E-state index contributed by atoms with van der Waals surface area (Å²) in [5.74, 6) is 0.414. The van der Waals surface area contributed by atoms with Crippen LogP contribution in [-0.2, 0) is 16.6 Å². The Kier molecular flexibility index (Phi) is 3.58. The molecule has 2 heterocycles. The molecule has 2 unspecified atom stereocenters. The summed E-state index contributed by atoms with van der Waals surface area (Å²) < 4.78 is 26.7. The number of aliphatic hydroxyl groups is 1. The Morgan fingerprint density at radius 3 is 2.65 bits per heavy atom. The summed E-state index contributed by atoms with van der Waals surface area (Å²) in [7, 11) is -3.37. The number of rotatable bonds is 3. The Morgan fingerprint density at radius 1 is 1.47 bits per heavy atom. The second-order valence-corrected chi connectivity index (χ2v) is 7.93. The molecule has 0 bridgehead atoms. The first-order valence-corrected chi connectivity index (χ1v) is 7.92. The van der Waals surface area contributed by atoms with E-state index in [0.29, 0.717) is 21.5 Å². The maximum absolute atomic E-state index is 12.4. The average Bonchev–Trinajstić information content (AvgIpc) is 2.85. The lowest BCUT2D eigenvalue weighted by Gasteiger charge is -2.19. The van der Waals surface area contributed by atoms with E-state index in [0.717, 1.165) is 17.8 Å². The van der Waals surface area contributed by atoms with Crippen molar-refractivity contribution in [3.63, 3.8) is 0 Å². The van der Waals surface area contributed by atoms with Crippen LogP contribution in [0, 0.1) is 5.92 Å². The van der Waals surface area contributed by atoms with Gasteiger partial charge in [0.2, 0.25) is 0 Å². The number of aliphatic hydroxyl groups excluding tert-OH is 1. The van der Waals surface area contributed by atoms with E-state index in [4.69, 9.17) is 5.11 Å².